The lowest BCUT2D eigenvalue weighted by atomic mass is 9.88. The molecule has 0 spiro atoms. The van der Waals surface area contributed by atoms with Crippen molar-refractivity contribution in [3.8, 4) is 0 Å². The van der Waals surface area contributed by atoms with Crippen LogP contribution in [0, 0.1) is 0 Å². The third-order valence-electron chi connectivity index (χ3n) is 3.97. The van der Waals surface area contributed by atoms with Crippen molar-refractivity contribution in [1.82, 2.24) is 5.32 Å². The van der Waals surface area contributed by atoms with E-state index >= 15 is 0 Å². The SMILES string of the molecule is CCCCCOC[C@@]12CO[C@@H](O1)[C@H](NC(C)=O)[C@@H](O)[C@H]2O. The summed E-state index contributed by atoms with van der Waals surface area (Å²) in [6.45, 7) is 4.34. The summed E-state index contributed by atoms with van der Waals surface area (Å²) in [5.41, 5.74) is -1.05. The average Bonchev–Trinajstić information content (AvgIpc) is 2.84. The van der Waals surface area contributed by atoms with Crippen molar-refractivity contribution in [3.63, 3.8) is 0 Å². The molecule has 3 N–H and O–H groups in total. The minimum Gasteiger partial charge on any atom is -0.388 e. The van der Waals surface area contributed by atoms with Crippen LogP contribution in [0.2, 0.25) is 0 Å². The van der Waals surface area contributed by atoms with Crippen LogP contribution in [-0.2, 0) is 19.0 Å². The summed E-state index contributed by atoms with van der Waals surface area (Å²) in [6.07, 6.45) is 0.0723. The Morgan fingerprint density at radius 2 is 2.19 bits per heavy atom. The fourth-order valence-electron chi connectivity index (χ4n) is 2.77. The van der Waals surface area contributed by atoms with E-state index in [1.807, 2.05) is 0 Å². The summed E-state index contributed by atoms with van der Waals surface area (Å²) in [4.78, 5) is 11.2. The lowest BCUT2D eigenvalue weighted by Crippen LogP contribution is -2.66. The van der Waals surface area contributed by atoms with Gasteiger partial charge in [0.2, 0.25) is 5.91 Å². The molecule has 122 valence electrons. The van der Waals surface area contributed by atoms with Gasteiger partial charge in [0, 0.05) is 13.5 Å². The van der Waals surface area contributed by atoms with Crippen molar-refractivity contribution in [1.29, 1.82) is 0 Å². The van der Waals surface area contributed by atoms with Gasteiger partial charge in [-0.15, -0.1) is 0 Å². The van der Waals surface area contributed by atoms with Crippen molar-refractivity contribution in [2.24, 2.45) is 0 Å². The van der Waals surface area contributed by atoms with Gasteiger partial charge in [-0.2, -0.15) is 0 Å². The Morgan fingerprint density at radius 1 is 1.43 bits per heavy atom. The van der Waals surface area contributed by atoms with Gasteiger partial charge >= 0.3 is 0 Å². The van der Waals surface area contributed by atoms with Crippen LogP contribution in [0.5, 0.6) is 0 Å². The zero-order valence-corrected chi connectivity index (χ0v) is 12.6. The van der Waals surface area contributed by atoms with Crippen LogP contribution in [0.1, 0.15) is 33.1 Å². The fraction of sp³-hybridized carbons (Fsp3) is 0.929. The largest absolute Gasteiger partial charge is 0.388 e. The van der Waals surface area contributed by atoms with Gasteiger partial charge in [-0.1, -0.05) is 19.8 Å². The maximum absolute atomic E-state index is 11.2. The zero-order valence-electron chi connectivity index (χ0n) is 12.6. The number of unbranched alkanes of at least 4 members (excludes halogenated alkanes) is 2. The highest BCUT2D eigenvalue weighted by Gasteiger charge is 2.59. The number of carbonyl (C=O) groups is 1. The molecule has 1 amide bonds. The smallest absolute Gasteiger partial charge is 0.217 e. The second-order valence-electron chi connectivity index (χ2n) is 5.78. The molecule has 21 heavy (non-hydrogen) atoms. The number of ether oxygens (including phenoxy) is 3. The maximum Gasteiger partial charge on any atom is 0.217 e. The molecule has 0 unspecified atom stereocenters. The lowest BCUT2D eigenvalue weighted by molar-refractivity contribution is -0.237. The molecule has 2 saturated heterocycles. The molecule has 0 aromatic heterocycles. The Bertz CT molecular complexity index is 365. The van der Waals surface area contributed by atoms with Crippen LogP contribution in [0.4, 0.5) is 0 Å². The minimum absolute atomic E-state index is 0.139. The fourth-order valence-corrected chi connectivity index (χ4v) is 2.77. The number of fused-ring (bicyclic) bond motifs is 2. The van der Waals surface area contributed by atoms with Crippen LogP contribution in [0.25, 0.3) is 0 Å². The van der Waals surface area contributed by atoms with E-state index in [1.165, 1.54) is 6.92 Å². The first-order chi connectivity index (χ1) is 10.00. The molecular formula is C14H25NO6. The monoisotopic (exact) mass is 303 g/mol. The Labute approximate surface area is 124 Å². The van der Waals surface area contributed by atoms with E-state index in [4.69, 9.17) is 14.2 Å². The van der Waals surface area contributed by atoms with E-state index in [9.17, 15) is 15.0 Å². The second-order valence-corrected chi connectivity index (χ2v) is 5.78. The van der Waals surface area contributed by atoms with Gasteiger partial charge in [0.05, 0.1) is 13.2 Å². The van der Waals surface area contributed by atoms with Gasteiger partial charge in [-0.05, 0) is 6.42 Å². The standard InChI is InChI=1S/C14H25NO6/c1-3-4-5-6-19-7-14-8-20-13(21-14)10(15-9(2)16)11(17)12(14)18/h10-13,17-18H,3-8H2,1-2H3,(H,15,16)/t10-,11-,12-,13+,14+/m1/s1. The second kappa shape index (κ2) is 7.02. The first-order valence-corrected chi connectivity index (χ1v) is 7.50. The Kier molecular flexibility index (Phi) is 5.56. The van der Waals surface area contributed by atoms with E-state index in [1.54, 1.807) is 0 Å². The summed E-state index contributed by atoms with van der Waals surface area (Å²) in [5, 5.41) is 23.1. The van der Waals surface area contributed by atoms with Gasteiger partial charge in [-0.25, -0.2) is 0 Å². The first kappa shape index (κ1) is 16.6. The summed E-state index contributed by atoms with van der Waals surface area (Å²) in [6, 6.07) is -0.770. The minimum atomic E-state index is -1.17. The molecule has 5 atom stereocenters. The van der Waals surface area contributed by atoms with Crippen molar-refractivity contribution in [2.45, 2.75) is 63.3 Å². The Balaban J connectivity index is 1.92. The van der Waals surface area contributed by atoms with E-state index < -0.39 is 30.1 Å². The number of carbonyl (C=O) groups excluding carboxylic acids is 1. The molecule has 7 nitrogen and oxygen atoms in total. The van der Waals surface area contributed by atoms with E-state index in [-0.39, 0.29) is 19.1 Å². The molecule has 0 aromatic carbocycles. The van der Waals surface area contributed by atoms with Crippen molar-refractivity contribution in [3.05, 3.63) is 0 Å². The highest BCUT2D eigenvalue weighted by molar-refractivity contribution is 5.73. The van der Waals surface area contributed by atoms with Crippen molar-refractivity contribution >= 4 is 5.91 Å². The van der Waals surface area contributed by atoms with Crippen LogP contribution in [-0.4, -0.2) is 66.1 Å². The molecular weight excluding hydrogens is 278 g/mol. The quantitative estimate of drug-likeness (QED) is 0.551. The number of hydrogen-bond donors (Lipinski definition) is 3. The molecule has 2 aliphatic rings. The van der Waals surface area contributed by atoms with Crippen LogP contribution in [0.3, 0.4) is 0 Å². The van der Waals surface area contributed by atoms with E-state index in [2.05, 4.69) is 12.2 Å². The van der Waals surface area contributed by atoms with Crippen LogP contribution >= 0.6 is 0 Å². The van der Waals surface area contributed by atoms with Gasteiger partial charge in [0.15, 0.2) is 6.29 Å². The molecule has 7 heteroatoms. The summed E-state index contributed by atoms with van der Waals surface area (Å²) < 4.78 is 16.8. The third kappa shape index (κ3) is 3.54. The van der Waals surface area contributed by atoms with Gasteiger partial charge in [-0.3, -0.25) is 4.79 Å². The molecule has 0 aromatic rings. The topological polar surface area (TPSA) is 97.2 Å². The average molecular weight is 303 g/mol. The van der Waals surface area contributed by atoms with Crippen LogP contribution < -0.4 is 5.32 Å². The Morgan fingerprint density at radius 3 is 2.86 bits per heavy atom. The maximum atomic E-state index is 11.2. The third-order valence-corrected chi connectivity index (χ3v) is 3.97. The van der Waals surface area contributed by atoms with Crippen molar-refractivity contribution in [2.75, 3.05) is 19.8 Å². The predicted molar refractivity (Wildman–Crippen MR) is 73.5 cm³/mol. The van der Waals surface area contributed by atoms with Gasteiger partial charge in [0.25, 0.3) is 0 Å². The van der Waals surface area contributed by atoms with Crippen molar-refractivity contribution < 1.29 is 29.2 Å². The number of aliphatic hydroxyl groups is 2. The Hall–Kier alpha value is -0.730. The molecule has 2 rings (SSSR count). The highest BCUT2D eigenvalue weighted by atomic mass is 16.7. The molecule has 0 aliphatic carbocycles. The molecule has 0 saturated carbocycles. The molecule has 0 radical (unpaired) electrons. The number of amides is 1. The summed E-state index contributed by atoms with van der Waals surface area (Å²) in [7, 11) is 0. The molecule has 2 aliphatic heterocycles. The van der Waals surface area contributed by atoms with E-state index in [0.717, 1.165) is 19.3 Å². The molecule has 2 heterocycles. The number of rotatable bonds is 7. The lowest BCUT2D eigenvalue weighted by Gasteiger charge is -2.42. The highest BCUT2D eigenvalue weighted by Crippen LogP contribution is 2.37. The van der Waals surface area contributed by atoms with E-state index in [0.29, 0.717) is 6.61 Å². The molecule has 2 bridgehead atoms. The van der Waals surface area contributed by atoms with Gasteiger partial charge in [0.1, 0.15) is 23.9 Å². The zero-order chi connectivity index (χ0) is 15.5. The first-order valence-electron chi connectivity index (χ1n) is 7.50. The normalized spacial score (nSPS) is 38.5. The molecule has 2 fully saturated rings. The number of hydrogen-bond acceptors (Lipinski definition) is 6. The predicted octanol–water partition coefficient (Wildman–Crippen LogP) is -0.455. The summed E-state index contributed by atoms with van der Waals surface area (Å²) >= 11 is 0. The number of aliphatic hydroxyl groups excluding tert-OH is 2. The number of nitrogens with one attached hydrogen (secondary N) is 1. The summed E-state index contributed by atoms with van der Waals surface area (Å²) in [5.74, 6) is -0.311. The van der Waals surface area contributed by atoms with Gasteiger partial charge < -0.3 is 29.7 Å². The van der Waals surface area contributed by atoms with Crippen LogP contribution in [0.15, 0.2) is 0 Å².